The number of fused-ring (bicyclic) bond motifs is 1. The molecule has 0 radical (unpaired) electrons. The van der Waals surface area contributed by atoms with Gasteiger partial charge in [0.1, 0.15) is 34.9 Å². The average molecular weight is 381 g/mol. The molecule has 2 atom stereocenters. The van der Waals surface area contributed by atoms with E-state index in [2.05, 4.69) is 4.98 Å². The van der Waals surface area contributed by atoms with Gasteiger partial charge < -0.3 is 20.7 Å². The van der Waals surface area contributed by atoms with E-state index in [1.807, 2.05) is 0 Å². The first-order chi connectivity index (χ1) is 12.1. The van der Waals surface area contributed by atoms with Gasteiger partial charge in [-0.25, -0.2) is 9.37 Å². The van der Waals surface area contributed by atoms with E-state index in [-0.39, 0.29) is 23.0 Å². The van der Waals surface area contributed by atoms with Gasteiger partial charge in [0.2, 0.25) is 5.91 Å². The minimum Gasteiger partial charge on any atom is -0.489 e. The lowest BCUT2D eigenvalue weighted by atomic mass is 9.82. The minimum atomic E-state index is -1.66. The van der Waals surface area contributed by atoms with E-state index in [9.17, 15) is 19.4 Å². The number of primary amides is 1. The number of pyridine rings is 1. The second kappa shape index (κ2) is 6.19. The molecular formula is C18H18ClFN2O4. The molecular weight excluding hydrogens is 363 g/mol. The molecule has 0 saturated carbocycles. The molecule has 1 aromatic carbocycles. The number of rotatable bonds is 4. The Morgan fingerprint density at radius 3 is 2.77 bits per heavy atom. The first-order valence-electron chi connectivity index (χ1n) is 7.87. The molecule has 0 saturated heterocycles. The zero-order valence-electron chi connectivity index (χ0n) is 14.2. The fourth-order valence-electron chi connectivity index (χ4n) is 2.78. The summed E-state index contributed by atoms with van der Waals surface area (Å²) >= 11 is 5.87. The van der Waals surface area contributed by atoms with Gasteiger partial charge in [-0.05, 0) is 38.1 Å². The third kappa shape index (κ3) is 2.82. The third-order valence-electron chi connectivity index (χ3n) is 4.67. The van der Waals surface area contributed by atoms with E-state index in [0.29, 0.717) is 16.9 Å². The highest BCUT2D eigenvalue weighted by molar-refractivity contribution is 6.31. The molecule has 1 aliphatic rings. The molecule has 0 unspecified atom stereocenters. The molecule has 1 aromatic heterocycles. The van der Waals surface area contributed by atoms with Crippen LogP contribution in [0.2, 0.25) is 5.02 Å². The van der Waals surface area contributed by atoms with Crippen LogP contribution in [-0.2, 0) is 15.8 Å². The molecule has 1 aliphatic heterocycles. The standard InChI is InChI=1S/C18H18ClFN2O4/c1-17(16(21)24)8-26-15-10(17)6-13(18(2,25)7-23)22-14(15)9-3-4-12(20)11(19)5-9/h3-6,23,25H,7-8H2,1-2H3,(H2,21,24)/t17-,18-/m0/s1. The lowest BCUT2D eigenvalue weighted by Gasteiger charge is -2.24. The zero-order chi connectivity index (χ0) is 19.3. The summed E-state index contributed by atoms with van der Waals surface area (Å²) in [6.07, 6.45) is 0. The van der Waals surface area contributed by atoms with Crippen molar-refractivity contribution in [3.63, 3.8) is 0 Å². The van der Waals surface area contributed by atoms with Gasteiger partial charge in [0.15, 0.2) is 0 Å². The van der Waals surface area contributed by atoms with E-state index in [0.717, 1.165) is 0 Å². The number of carbonyl (C=O) groups is 1. The molecule has 0 bridgehead atoms. The van der Waals surface area contributed by atoms with Gasteiger partial charge in [-0.15, -0.1) is 0 Å². The van der Waals surface area contributed by atoms with Gasteiger partial charge in [-0.3, -0.25) is 4.79 Å². The summed E-state index contributed by atoms with van der Waals surface area (Å²) in [7, 11) is 0. The average Bonchev–Trinajstić information content (AvgIpc) is 2.95. The van der Waals surface area contributed by atoms with E-state index in [1.54, 1.807) is 6.92 Å². The van der Waals surface area contributed by atoms with Crippen LogP contribution in [-0.4, -0.2) is 34.3 Å². The fraction of sp³-hybridized carbons (Fsp3) is 0.333. The number of hydrogen-bond donors (Lipinski definition) is 3. The molecule has 0 fully saturated rings. The van der Waals surface area contributed by atoms with E-state index in [1.165, 1.54) is 31.2 Å². The fourth-order valence-corrected chi connectivity index (χ4v) is 2.96. The summed E-state index contributed by atoms with van der Waals surface area (Å²) < 4.78 is 19.2. The third-order valence-corrected chi connectivity index (χ3v) is 4.96. The Hall–Kier alpha value is -2.22. The maximum atomic E-state index is 13.5. The number of ether oxygens (including phenoxy) is 1. The van der Waals surface area contributed by atoms with E-state index < -0.39 is 29.3 Å². The van der Waals surface area contributed by atoms with Gasteiger partial charge in [0, 0.05) is 11.1 Å². The van der Waals surface area contributed by atoms with Crippen molar-refractivity contribution in [3.8, 4) is 17.0 Å². The summed E-state index contributed by atoms with van der Waals surface area (Å²) in [6, 6.07) is 5.52. The largest absolute Gasteiger partial charge is 0.489 e. The van der Waals surface area contributed by atoms with Gasteiger partial charge in [0.05, 0.1) is 17.3 Å². The molecule has 138 valence electrons. The molecule has 0 aliphatic carbocycles. The monoisotopic (exact) mass is 380 g/mol. The molecule has 8 heteroatoms. The molecule has 4 N–H and O–H groups in total. The smallest absolute Gasteiger partial charge is 0.231 e. The van der Waals surface area contributed by atoms with Crippen molar-refractivity contribution >= 4 is 17.5 Å². The number of carbonyl (C=O) groups excluding carboxylic acids is 1. The van der Waals surface area contributed by atoms with Crippen molar-refractivity contribution in [2.75, 3.05) is 13.2 Å². The Kier molecular flexibility index (Phi) is 4.42. The number of aliphatic hydroxyl groups is 2. The molecule has 2 aromatic rings. The predicted octanol–water partition coefficient (Wildman–Crippen LogP) is 1.88. The van der Waals surface area contributed by atoms with Crippen LogP contribution in [0.3, 0.4) is 0 Å². The van der Waals surface area contributed by atoms with Crippen molar-refractivity contribution in [3.05, 3.63) is 46.4 Å². The topological polar surface area (TPSA) is 106 Å². The SMILES string of the molecule is C[C@](O)(CO)c1cc2c(c(-c3ccc(F)c(Cl)c3)n1)OC[C@]2(C)C(N)=O. The molecule has 26 heavy (non-hydrogen) atoms. The van der Waals surface area contributed by atoms with Crippen LogP contribution in [0.1, 0.15) is 25.1 Å². The first kappa shape index (κ1) is 18.6. The van der Waals surface area contributed by atoms with Crippen LogP contribution in [0.15, 0.2) is 24.3 Å². The number of amides is 1. The highest BCUT2D eigenvalue weighted by Gasteiger charge is 2.44. The Bertz CT molecular complexity index is 903. The van der Waals surface area contributed by atoms with Gasteiger partial charge >= 0.3 is 0 Å². The number of nitrogens with two attached hydrogens (primary N) is 1. The maximum absolute atomic E-state index is 13.5. The van der Waals surface area contributed by atoms with E-state index >= 15 is 0 Å². The van der Waals surface area contributed by atoms with Crippen molar-refractivity contribution < 1.29 is 24.1 Å². The van der Waals surface area contributed by atoms with Crippen LogP contribution in [0, 0.1) is 5.82 Å². The van der Waals surface area contributed by atoms with Crippen LogP contribution < -0.4 is 10.5 Å². The van der Waals surface area contributed by atoms with Crippen LogP contribution in [0.4, 0.5) is 4.39 Å². The highest BCUT2D eigenvalue weighted by atomic mass is 35.5. The number of aliphatic hydroxyl groups excluding tert-OH is 1. The Labute approximate surface area is 154 Å². The van der Waals surface area contributed by atoms with Crippen molar-refractivity contribution in [2.45, 2.75) is 24.9 Å². The summed E-state index contributed by atoms with van der Waals surface area (Å²) in [4.78, 5) is 16.4. The predicted molar refractivity (Wildman–Crippen MR) is 93.3 cm³/mol. The molecule has 3 rings (SSSR count). The maximum Gasteiger partial charge on any atom is 0.231 e. The van der Waals surface area contributed by atoms with Gasteiger partial charge in [0.25, 0.3) is 0 Å². The summed E-state index contributed by atoms with van der Waals surface area (Å²) in [5.41, 5.74) is 4.06. The van der Waals surface area contributed by atoms with Crippen LogP contribution >= 0.6 is 11.6 Å². The number of benzene rings is 1. The summed E-state index contributed by atoms with van der Waals surface area (Å²) in [6.45, 7) is 2.43. The number of nitrogens with zero attached hydrogens (tertiary/aromatic N) is 1. The lowest BCUT2D eigenvalue weighted by Crippen LogP contribution is -2.40. The Balaban J connectivity index is 2.31. The van der Waals surface area contributed by atoms with Crippen LogP contribution in [0.5, 0.6) is 5.75 Å². The molecule has 6 nitrogen and oxygen atoms in total. The Morgan fingerprint density at radius 1 is 1.50 bits per heavy atom. The van der Waals surface area contributed by atoms with Crippen molar-refractivity contribution in [1.29, 1.82) is 0 Å². The quantitative estimate of drug-likeness (QED) is 0.751. The molecule has 1 amide bonds. The van der Waals surface area contributed by atoms with Crippen molar-refractivity contribution in [2.24, 2.45) is 5.73 Å². The normalized spacial score (nSPS) is 21.0. The number of halogens is 2. The Morgan fingerprint density at radius 2 is 2.19 bits per heavy atom. The lowest BCUT2D eigenvalue weighted by molar-refractivity contribution is -0.123. The van der Waals surface area contributed by atoms with Crippen LogP contribution in [0.25, 0.3) is 11.3 Å². The number of aromatic nitrogens is 1. The van der Waals surface area contributed by atoms with Crippen molar-refractivity contribution in [1.82, 2.24) is 4.98 Å². The zero-order valence-corrected chi connectivity index (χ0v) is 15.0. The second-order valence-electron chi connectivity index (χ2n) is 6.78. The van der Waals surface area contributed by atoms with Gasteiger partial charge in [-0.1, -0.05) is 11.6 Å². The van der Waals surface area contributed by atoms with Gasteiger partial charge in [-0.2, -0.15) is 0 Å². The highest BCUT2D eigenvalue weighted by Crippen LogP contribution is 2.45. The summed E-state index contributed by atoms with van der Waals surface area (Å²) in [5, 5.41) is 19.8. The number of hydrogen-bond acceptors (Lipinski definition) is 5. The first-order valence-corrected chi connectivity index (χ1v) is 8.25. The second-order valence-corrected chi connectivity index (χ2v) is 7.19. The molecule has 0 spiro atoms. The minimum absolute atomic E-state index is 0.00595. The van der Waals surface area contributed by atoms with E-state index in [4.69, 9.17) is 22.1 Å². The summed E-state index contributed by atoms with van der Waals surface area (Å²) in [5.74, 6) is -0.875. The molecule has 2 heterocycles.